The summed E-state index contributed by atoms with van der Waals surface area (Å²) in [5.74, 6) is 0. The predicted octanol–water partition coefficient (Wildman–Crippen LogP) is 0.818. The molecular formula is C11H19N3O. The van der Waals surface area contributed by atoms with Crippen LogP contribution in [-0.4, -0.2) is 28.0 Å². The maximum absolute atomic E-state index is 8.90. The van der Waals surface area contributed by atoms with Crippen LogP contribution in [0.3, 0.4) is 0 Å². The molecule has 15 heavy (non-hydrogen) atoms. The van der Waals surface area contributed by atoms with Crippen molar-refractivity contribution < 1.29 is 5.11 Å². The predicted molar refractivity (Wildman–Crippen MR) is 59.5 cm³/mol. The van der Waals surface area contributed by atoms with E-state index in [1.54, 1.807) is 0 Å². The second-order valence-electron chi connectivity index (χ2n) is 3.78. The van der Waals surface area contributed by atoms with E-state index in [1.165, 1.54) is 5.56 Å². The van der Waals surface area contributed by atoms with Crippen LogP contribution < -0.4 is 5.32 Å². The lowest BCUT2D eigenvalue weighted by Crippen LogP contribution is -2.29. The van der Waals surface area contributed by atoms with E-state index in [0.717, 1.165) is 24.4 Å². The molecule has 1 atom stereocenters. The highest BCUT2D eigenvalue weighted by molar-refractivity contribution is 5.20. The second kappa shape index (κ2) is 5.78. The van der Waals surface area contributed by atoms with Crippen molar-refractivity contribution in [1.29, 1.82) is 0 Å². The summed E-state index contributed by atoms with van der Waals surface area (Å²) in [6, 6.07) is 2.16. The lowest BCUT2D eigenvalue weighted by Gasteiger charge is -2.12. The first-order chi connectivity index (χ1) is 7.17. The Morgan fingerprint density at radius 3 is 2.80 bits per heavy atom. The number of rotatable bonds is 5. The van der Waals surface area contributed by atoms with Crippen molar-refractivity contribution in [2.45, 2.75) is 39.8 Å². The smallest absolute Gasteiger partial charge is 0.0673 e. The summed E-state index contributed by atoms with van der Waals surface area (Å²) in [4.78, 5) is 0. The normalized spacial score (nSPS) is 12.8. The van der Waals surface area contributed by atoms with E-state index in [1.807, 2.05) is 19.9 Å². The lowest BCUT2D eigenvalue weighted by molar-refractivity contribution is 0.251. The van der Waals surface area contributed by atoms with Crippen molar-refractivity contribution in [3.63, 3.8) is 0 Å². The first-order valence-corrected chi connectivity index (χ1v) is 5.33. The molecule has 0 aliphatic rings. The molecule has 4 nitrogen and oxygen atoms in total. The number of hydrogen-bond acceptors (Lipinski definition) is 4. The monoisotopic (exact) mass is 209 g/mol. The van der Waals surface area contributed by atoms with Crippen LogP contribution in [0, 0.1) is 6.92 Å². The van der Waals surface area contributed by atoms with Crippen molar-refractivity contribution in [1.82, 2.24) is 15.5 Å². The fourth-order valence-electron chi connectivity index (χ4n) is 1.37. The molecule has 0 aliphatic carbocycles. The fourth-order valence-corrected chi connectivity index (χ4v) is 1.37. The Morgan fingerprint density at radius 1 is 1.47 bits per heavy atom. The second-order valence-corrected chi connectivity index (χ2v) is 3.78. The highest BCUT2D eigenvalue weighted by Crippen LogP contribution is 2.07. The van der Waals surface area contributed by atoms with Gasteiger partial charge in [0, 0.05) is 12.6 Å². The highest BCUT2D eigenvalue weighted by Gasteiger charge is 2.05. The van der Waals surface area contributed by atoms with Crippen LogP contribution in [0.2, 0.25) is 0 Å². The van der Waals surface area contributed by atoms with Crippen LogP contribution in [0.4, 0.5) is 0 Å². The minimum absolute atomic E-state index is 0.114. The summed E-state index contributed by atoms with van der Waals surface area (Å²) < 4.78 is 0. The Kier molecular flexibility index (Phi) is 4.65. The van der Waals surface area contributed by atoms with Crippen molar-refractivity contribution in [3.05, 3.63) is 23.0 Å². The Labute approximate surface area is 90.7 Å². The largest absolute Gasteiger partial charge is 0.395 e. The maximum atomic E-state index is 8.90. The number of nitrogens with one attached hydrogen (secondary N) is 1. The van der Waals surface area contributed by atoms with E-state index < -0.39 is 0 Å². The van der Waals surface area contributed by atoms with Gasteiger partial charge >= 0.3 is 0 Å². The van der Waals surface area contributed by atoms with Crippen LogP contribution in [-0.2, 0) is 13.0 Å². The first-order valence-electron chi connectivity index (χ1n) is 5.33. The first kappa shape index (κ1) is 12.1. The molecule has 84 valence electrons. The summed E-state index contributed by atoms with van der Waals surface area (Å²) in [5, 5.41) is 20.3. The van der Waals surface area contributed by atoms with Gasteiger partial charge in [-0.3, -0.25) is 0 Å². The Bertz CT molecular complexity index is 315. The average Bonchev–Trinajstić information content (AvgIpc) is 2.26. The molecule has 1 rings (SSSR count). The average molecular weight is 209 g/mol. The molecule has 0 amide bonds. The van der Waals surface area contributed by atoms with Crippen LogP contribution >= 0.6 is 0 Å². The van der Waals surface area contributed by atoms with Gasteiger partial charge in [0.15, 0.2) is 0 Å². The molecule has 0 aromatic carbocycles. The Hall–Kier alpha value is -1.00. The summed E-state index contributed by atoms with van der Waals surface area (Å²) in [6.45, 7) is 6.84. The molecule has 1 aromatic rings. The zero-order chi connectivity index (χ0) is 11.3. The van der Waals surface area contributed by atoms with Crippen LogP contribution in [0.15, 0.2) is 6.07 Å². The molecule has 4 heteroatoms. The number of hydrogen-bond donors (Lipinski definition) is 2. The van der Waals surface area contributed by atoms with Gasteiger partial charge in [0.05, 0.1) is 18.0 Å². The summed E-state index contributed by atoms with van der Waals surface area (Å²) in [6.07, 6.45) is 0.887. The number of aryl methyl sites for hydroxylation is 2. The van der Waals surface area contributed by atoms with Crippen molar-refractivity contribution in [2.24, 2.45) is 0 Å². The van der Waals surface area contributed by atoms with E-state index in [4.69, 9.17) is 5.11 Å². The third-order valence-electron chi connectivity index (χ3n) is 2.33. The van der Waals surface area contributed by atoms with Crippen molar-refractivity contribution in [3.8, 4) is 0 Å². The molecule has 0 aliphatic heterocycles. The highest BCUT2D eigenvalue weighted by atomic mass is 16.3. The topological polar surface area (TPSA) is 58.0 Å². The van der Waals surface area contributed by atoms with Gasteiger partial charge in [0.25, 0.3) is 0 Å². The van der Waals surface area contributed by atoms with Gasteiger partial charge in [0.2, 0.25) is 0 Å². The van der Waals surface area contributed by atoms with E-state index in [0.29, 0.717) is 0 Å². The van der Waals surface area contributed by atoms with Gasteiger partial charge in [-0.15, -0.1) is 0 Å². The van der Waals surface area contributed by atoms with Crippen molar-refractivity contribution >= 4 is 0 Å². The van der Waals surface area contributed by atoms with Gasteiger partial charge in [0.1, 0.15) is 0 Å². The van der Waals surface area contributed by atoms with Crippen LogP contribution in [0.25, 0.3) is 0 Å². The minimum Gasteiger partial charge on any atom is -0.395 e. The number of aliphatic hydroxyl groups is 1. The molecule has 2 N–H and O–H groups in total. The molecule has 1 aromatic heterocycles. The van der Waals surface area contributed by atoms with Gasteiger partial charge in [-0.1, -0.05) is 6.92 Å². The summed E-state index contributed by atoms with van der Waals surface area (Å²) in [5.41, 5.74) is 3.13. The van der Waals surface area contributed by atoms with Gasteiger partial charge < -0.3 is 10.4 Å². The van der Waals surface area contributed by atoms with Gasteiger partial charge in [-0.2, -0.15) is 10.2 Å². The van der Waals surface area contributed by atoms with E-state index in [9.17, 15) is 0 Å². The third kappa shape index (κ3) is 3.57. The zero-order valence-corrected chi connectivity index (χ0v) is 9.62. The number of aliphatic hydroxyl groups excluding tert-OH is 1. The molecule has 1 unspecified atom stereocenters. The number of nitrogens with zero attached hydrogens (tertiary/aromatic N) is 2. The number of aromatic nitrogens is 2. The van der Waals surface area contributed by atoms with E-state index >= 15 is 0 Å². The minimum atomic E-state index is 0.114. The van der Waals surface area contributed by atoms with E-state index in [2.05, 4.69) is 22.4 Å². The summed E-state index contributed by atoms with van der Waals surface area (Å²) >= 11 is 0. The molecular weight excluding hydrogens is 190 g/mol. The summed E-state index contributed by atoms with van der Waals surface area (Å²) in [7, 11) is 0. The molecule has 0 spiro atoms. The molecule has 0 radical (unpaired) electrons. The quantitative estimate of drug-likeness (QED) is 0.753. The Balaban J connectivity index is 2.69. The fraction of sp³-hybridized carbons (Fsp3) is 0.636. The molecule has 1 heterocycles. The zero-order valence-electron chi connectivity index (χ0n) is 9.62. The van der Waals surface area contributed by atoms with Gasteiger partial charge in [-0.05, 0) is 31.9 Å². The SMILES string of the molecule is CCc1nnc(C)cc1CNC(C)CO. The van der Waals surface area contributed by atoms with Crippen molar-refractivity contribution in [2.75, 3.05) is 6.61 Å². The molecule has 0 saturated heterocycles. The standard InChI is InChI=1S/C11H19N3O/c1-4-11-10(5-8(2)13-14-11)6-12-9(3)7-15/h5,9,12,15H,4,6-7H2,1-3H3. The molecule has 0 saturated carbocycles. The molecule has 0 bridgehead atoms. The molecule has 0 fully saturated rings. The van der Waals surface area contributed by atoms with Crippen LogP contribution in [0.5, 0.6) is 0 Å². The van der Waals surface area contributed by atoms with E-state index in [-0.39, 0.29) is 12.6 Å². The third-order valence-corrected chi connectivity index (χ3v) is 2.33. The lowest BCUT2D eigenvalue weighted by atomic mass is 10.1. The van der Waals surface area contributed by atoms with Crippen LogP contribution in [0.1, 0.15) is 30.8 Å². The Morgan fingerprint density at radius 2 is 2.20 bits per heavy atom. The van der Waals surface area contributed by atoms with Gasteiger partial charge in [-0.25, -0.2) is 0 Å². The maximum Gasteiger partial charge on any atom is 0.0673 e.